The van der Waals surface area contributed by atoms with Crippen LogP contribution in [0.3, 0.4) is 0 Å². The van der Waals surface area contributed by atoms with Gasteiger partial charge in [-0.15, -0.1) is 0 Å². The highest BCUT2D eigenvalue weighted by Gasteiger charge is 2.49. The summed E-state index contributed by atoms with van der Waals surface area (Å²) in [6.45, 7) is 4.26. The first-order chi connectivity index (χ1) is 9.47. The SMILES string of the molecule is COc1nc(Cl)nc2c1CC[C@@H]1[C@@H](C)C(=O)CC[C@@]21C. The quantitative estimate of drug-likeness (QED) is 0.747. The summed E-state index contributed by atoms with van der Waals surface area (Å²) >= 11 is 6.05. The highest BCUT2D eigenvalue weighted by molar-refractivity contribution is 6.28. The molecule has 0 N–H and O–H groups in total. The number of ether oxygens (including phenoxy) is 1. The molecule has 0 unspecified atom stereocenters. The van der Waals surface area contributed by atoms with Crippen LogP contribution in [0.4, 0.5) is 0 Å². The smallest absolute Gasteiger partial charge is 0.225 e. The Balaban J connectivity index is 2.15. The Morgan fingerprint density at radius 3 is 2.80 bits per heavy atom. The number of halogens is 1. The minimum Gasteiger partial charge on any atom is -0.481 e. The van der Waals surface area contributed by atoms with Crippen molar-refractivity contribution >= 4 is 17.4 Å². The average Bonchev–Trinajstić information content (AvgIpc) is 2.43. The van der Waals surface area contributed by atoms with Gasteiger partial charge in [-0.25, -0.2) is 4.98 Å². The highest BCUT2D eigenvalue weighted by Crippen LogP contribution is 2.51. The van der Waals surface area contributed by atoms with Crippen molar-refractivity contribution < 1.29 is 9.53 Å². The average molecular weight is 295 g/mol. The third kappa shape index (κ3) is 1.85. The predicted octanol–water partition coefficient (Wildman–Crippen LogP) is 2.96. The zero-order valence-corrected chi connectivity index (χ0v) is 12.8. The summed E-state index contributed by atoms with van der Waals surface area (Å²) in [6, 6.07) is 0. The van der Waals surface area contributed by atoms with Gasteiger partial charge in [0.15, 0.2) is 0 Å². The summed E-state index contributed by atoms with van der Waals surface area (Å²) in [4.78, 5) is 20.7. The number of nitrogens with zero attached hydrogens (tertiary/aromatic N) is 2. The van der Waals surface area contributed by atoms with E-state index in [0.717, 1.165) is 30.5 Å². The van der Waals surface area contributed by atoms with Crippen LogP contribution in [0.25, 0.3) is 0 Å². The lowest BCUT2D eigenvalue weighted by molar-refractivity contribution is -0.128. The van der Waals surface area contributed by atoms with Crippen molar-refractivity contribution in [3.63, 3.8) is 0 Å². The second-order valence-corrected chi connectivity index (χ2v) is 6.48. The van der Waals surface area contributed by atoms with Crippen LogP contribution >= 0.6 is 11.6 Å². The number of hydrogen-bond donors (Lipinski definition) is 0. The third-order valence-electron chi connectivity index (χ3n) is 5.20. The van der Waals surface area contributed by atoms with Crippen LogP contribution in [-0.2, 0) is 16.6 Å². The van der Waals surface area contributed by atoms with Crippen molar-refractivity contribution in [2.45, 2.75) is 44.9 Å². The largest absolute Gasteiger partial charge is 0.481 e. The Morgan fingerprint density at radius 1 is 1.35 bits per heavy atom. The number of carbonyl (C=O) groups excluding carboxylic acids is 1. The third-order valence-corrected chi connectivity index (χ3v) is 5.37. The standard InChI is InChI=1S/C15H19ClN2O2/c1-8-10-5-4-9-12(15(10,2)7-6-11(8)19)17-14(16)18-13(9)20-3/h8,10H,4-7H2,1-3H3/t8-,10-,15-/m1/s1. The molecule has 2 aliphatic rings. The Kier molecular flexibility index (Phi) is 3.24. The molecule has 108 valence electrons. The molecule has 4 nitrogen and oxygen atoms in total. The zero-order chi connectivity index (χ0) is 14.5. The monoisotopic (exact) mass is 294 g/mol. The molecule has 0 aromatic carbocycles. The number of hydrogen-bond acceptors (Lipinski definition) is 4. The van der Waals surface area contributed by atoms with E-state index in [1.54, 1.807) is 7.11 Å². The Bertz CT molecular complexity index is 575. The maximum absolute atomic E-state index is 12.0. The van der Waals surface area contributed by atoms with Gasteiger partial charge in [-0.3, -0.25) is 4.79 Å². The van der Waals surface area contributed by atoms with Gasteiger partial charge in [-0.2, -0.15) is 4.98 Å². The molecule has 0 radical (unpaired) electrons. The number of aromatic nitrogens is 2. The van der Waals surface area contributed by atoms with Crippen LogP contribution in [0.1, 0.15) is 44.4 Å². The minimum atomic E-state index is -0.0965. The fraction of sp³-hybridized carbons (Fsp3) is 0.667. The van der Waals surface area contributed by atoms with Gasteiger partial charge in [-0.1, -0.05) is 13.8 Å². The molecule has 1 heterocycles. The van der Waals surface area contributed by atoms with E-state index >= 15 is 0 Å². The molecular formula is C15H19ClN2O2. The van der Waals surface area contributed by atoms with Crippen LogP contribution in [0.5, 0.6) is 5.88 Å². The molecular weight excluding hydrogens is 276 g/mol. The molecule has 0 saturated heterocycles. The molecule has 1 saturated carbocycles. The van der Waals surface area contributed by atoms with E-state index < -0.39 is 0 Å². The van der Waals surface area contributed by atoms with Gasteiger partial charge in [0.05, 0.1) is 12.8 Å². The molecule has 2 aliphatic carbocycles. The van der Waals surface area contributed by atoms with E-state index in [9.17, 15) is 4.79 Å². The van der Waals surface area contributed by atoms with Crippen molar-refractivity contribution in [2.75, 3.05) is 7.11 Å². The van der Waals surface area contributed by atoms with E-state index in [0.29, 0.717) is 24.0 Å². The molecule has 3 atom stereocenters. The number of carbonyl (C=O) groups is 1. The maximum Gasteiger partial charge on any atom is 0.225 e. The van der Waals surface area contributed by atoms with Gasteiger partial charge in [0.25, 0.3) is 0 Å². The van der Waals surface area contributed by atoms with Crippen LogP contribution in [0, 0.1) is 11.8 Å². The minimum absolute atomic E-state index is 0.0965. The lowest BCUT2D eigenvalue weighted by Gasteiger charge is -2.47. The van der Waals surface area contributed by atoms with Gasteiger partial charge >= 0.3 is 0 Å². The fourth-order valence-electron chi connectivity index (χ4n) is 4.04. The number of rotatable bonds is 1. The lowest BCUT2D eigenvalue weighted by Crippen LogP contribution is -2.47. The van der Waals surface area contributed by atoms with Gasteiger partial charge in [0, 0.05) is 23.3 Å². The summed E-state index contributed by atoms with van der Waals surface area (Å²) in [6.07, 6.45) is 3.30. The number of fused-ring (bicyclic) bond motifs is 3. The van der Waals surface area contributed by atoms with Crippen LogP contribution in [-0.4, -0.2) is 22.9 Å². The fourth-order valence-corrected chi connectivity index (χ4v) is 4.20. The first kappa shape index (κ1) is 13.8. The van der Waals surface area contributed by atoms with Crippen LogP contribution in [0.2, 0.25) is 5.28 Å². The molecule has 1 aromatic heterocycles. The summed E-state index contributed by atoms with van der Waals surface area (Å²) in [7, 11) is 1.61. The van der Waals surface area contributed by atoms with Gasteiger partial charge in [0.2, 0.25) is 11.2 Å². The number of ketones is 1. The molecule has 0 aliphatic heterocycles. The van der Waals surface area contributed by atoms with Gasteiger partial charge < -0.3 is 4.74 Å². The molecule has 0 spiro atoms. The molecule has 3 rings (SSSR count). The normalized spacial score (nSPS) is 32.5. The summed E-state index contributed by atoms with van der Waals surface area (Å²) < 4.78 is 5.36. The maximum atomic E-state index is 12.0. The van der Waals surface area contributed by atoms with Crippen molar-refractivity contribution in [3.8, 4) is 5.88 Å². The zero-order valence-electron chi connectivity index (χ0n) is 12.1. The van der Waals surface area contributed by atoms with E-state index in [-0.39, 0.29) is 16.6 Å². The second kappa shape index (κ2) is 4.69. The summed E-state index contributed by atoms with van der Waals surface area (Å²) in [5, 5.41) is 0.229. The Labute approximate surface area is 123 Å². The van der Waals surface area contributed by atoms with Gasteiger partial charge in [0.1, 0.15) is 5.78 Å². The second-order valence-electron chi connectivity index (χ2n) is 6.15. The molecule has 0 amide bonds. The molecule has 5 heteroatoms. The lowest BCUT2D eigenvalue weighted by atomic mass is 9.56. The van der Waals surface area contributed by atoms with E-state index in [1.165, 1.54) is 0 Å². The van der Waals surface area contributed by atoms with Gasteiger partial charge in [-0.05, 0) is 36.8 Å². The molecule has 1 fully saturated rings. The molecule has 20 heavy (non-hydrogen) atoms. The topological polar surface area (TPSA) is 52.1 Å². The first-order valence-electron chi connectivity index (χ1n) is 7.11. The Hall–Kier alpha value is -1.16. The van der Waals surface area contributed by atoms with Crippen LogP contribution < -0.4 is 4.74 Å². The summed E-state index contributed by atoms with van der Waals surface area (Å²) in [5.74, 6) is 1.40. The number of methoxy groups -OCH3 is 1. The Morgan fingerprint density at radius 2 is 2.10 bits per heavy atom. The summed E-state index contributed by atoms with van der Waals surface area (Å²) in [5.41, 5.74) is 1.96. The first-order valence-corrected chi connectivity index (χ1v) is 7.48. The predicted molar refractivity (Wildman–Crippen MR) is 76.2 cm³/mol. The number of Topliss-reactive ketones (excluding diaryl/α,β-unsaturated/α-hetero) is 1. The van der Waals surface area contributed by atoms with Crippen molar-refractivity contribution in [3.05, 3.63) is 16.5 Å². The van der Waals surface area contributed by atoms with Crippen LogP contribution in [0.15, 0.2) is 0 Å². The van der Waals surface area contributed by atoms with E-state index in [4.69, 9.17) is 16.3 Å². The van der Waals surface area contributed by atoms with E-state index in [1.807, 2.05) is 0 Å². The van der Waals surface area contributed by atoms with Crippen molar-refractivity contribution in [2.24, 2.45) is 11.8 Å². The van der Waals surface area contributed by atoms with Crippen molar-refractivity contribution in [1.29, 1.82) is 0 Å². The molecule has 0 bridgehead atoms. The molecule has 1 aromatic rings. The highest BCUT2D eigenvalue weighted by atomic mass is 35.5. The van der Waals surface area contributed by atoms with Crippen molar-refractivity contribution in [1.82, 2.24) is 9.97 Å². The van der Waals surface area contributed by atoms with E-state index in [2.05, 4.69) is 23.8 Å².